The van der Waals surface area contributed by atoms with E-state index in [0.717, 1.165) is 30.9 Å². The standard InChI is InChI=1S/C15H22N2O4S/c1-22(18,19)16-6-8-17-7-2-3-13(17)12-4-5-14-15(11-12)21-10-9-20-14/h4-5,11,13,16H,2-3,6-10H2,1H3. The summed E-state index contributed by atoms with van der Waals surface area (Å²) in [5.41, 5.74) is 1.21. The molecule has 0 radical (unpaired) electrons. The molecule has 0 saturated carbocycles. The number of fused-ring (bicyclic) bond motifs is 1. The van der Waals surface area contributed by atoms with Crippen LogP contribution in [0.3, 0.4) is 0 Å². The van der Waals surface area contributed by atoms with Crippen molar-refractivity contribution in [3.05, 3.63) is 23.8 Å². The topological polar surface area (TPSA) is 67.9 Å². The van der Waals surface area contributed by atoms with Crippen LogP contribution in [0, 0.1) is 0 Å². The van der Waals surface area contributed by atoms with Crippen molar-refractivity contribution in [2.24, 2.45) is 0 Å². The fourth-order valence-electron chi connectivity index (χ4n) is 3.11. The lowest BCUT2D eigenvalue weighted by atomic mass is 10.0. The zero-order valence-corrected chi connectivity index (χ0v) is 13.6. The first-order valence-corrected chi connectivity index (χ1v) is 9.50. The Hall–Kier alpha value is -1.31. The van der Waals surface area contributed by atoms with Crippen LogP contribution < -0.4 is 14.2 Å². The minimum atomic E-state index is -3.12. The Balaban J connectivity index is 1.67. The first-order valence-electron chi connectivity index (χ1n) is 7.61. The van der Waals surface area contributed by atoms with Gasteiger partial charge in [-0.15, -0.1) is 0 Å². The van der Waals surface area contributed by atoms with Crippen LogP contribution in [0.1, 0.15) is 24.4 Å². The van der Waals surface area contributed by atoms with E-state index in [1.807, 2.05) is 6.07 Å². The van der Waals surface area contributed by atoms with Gasteiger partial charge in [0.25, 0.3) is 0 Å². The molecule has 2 heterocycles. The molecule has 1 aromatic rings. The van der Waals surface area contributed by atoms with Crippen molar-refractivity contribution in [2.45, 2.75) is 18.9 Å². The lowest BCUT2D eigenvalue weighted by Gasteiger charge is -2.26. The molecule has 122 valence electrons. The Morgan fingerprint density at radius 1 is 1.27 bits per heavy atom. The molecule has 1 fully saturated rings. The molecule has 6 nitrogen and oxygen atoms in total. The summed E-state index contributed by atoms with van der Waals surface area (Å²) in [5, 5.41) is 0. The minimum Gasteiger partial charge on any atom is -0.486 e. The molecule has 1 N–H and O–H groups in total. The van der Waals surface area contributed by atoms with E-state index in [2.05, 4.69) is 21.8 Å². The molecule has 22 heavy (non-hydrogen) atoms. The van der Waals surface area contributed by atoms with Crippen molar-refractivity contribution >= 4 is 10.0 Å². The molecule has 2 aliphatic heterocycles. The third kappa shape index (κ3) is 3.71. The zero-order valence-electron chi connectivity index (χ0n) is 12.7. The van der Waals surface area contributed by atoms with Gasteiger partial charge in [-0.05, 0) is 37.1 Å². The highest BCUT2D eigenvalue weighted by Gasteiger charge is 2.27. The lowest BCUT2D eigenvalue weighted by Crippen LogP contribution is -2.34. The first-order chi connectivity index (χ1) is 10.5. The SMILES string of the molecule is CS(=O)(=O)NCCN1CCCC1c1ccc2c(c1)OCCO2. The number of hydrogen-bond donors (Lipinski definition) is 1. The summed E-state index contributed by atoms with van der Waals surface area (Å²) in [7, 11) is -3.12. The summed E-state index contributed by atoms with van der Waals surface area (Å²) in [6, 6.07) is 6.43. The van der Waals surface area contributed by atoms with E-state index >= 15 is 0 Å². The summed E-state index contributed by atoms with van der Waals surface area (Å²) in [5.74, 6) is 1.61. The Kier molecular flexibility index (Phi) is 4.56. The van der Waals surface area contributed by atoms with E-state index < -0.39 is 10.0 Å². The highest BCUT2D eigenvalue weighted by atomic mass is 32.2. The molecule has 0 aliphatic carbocycles. The van der Waals surface area contributed by atoms with Gasteiger partial charge in [0.15, 0.2) is 11.5 Å². The van der Waals surface area contributed by atoms with Gasteiger partial charge in [-0.2, -0.15) is 0 Å². The Labute approximate surface area is 131 Å². The van der Waals surface area contributed by atoms with E-state index in [9.17, 15) is 8.42 Å². The number of sulfonamides is 1. The van der Waals surface area contributed by atoms with Crippen LogP contribution in [-0.2, 0) is 10.0 Å². The maximum Gasteiger partial charge on any atom is 0.208 e. The predicted octanol–water partition coefficient (Wildman–Crippen LogP) is 1.14. The summed E-state index contributed by atoms with van der Waals surface area (Å²) in [4.78, 5) is 2.32. The second-order valence-corrected chi connectivity index (χ2v) is 7.60. The van der Waals surface area contributed by atoms with Crippen molar-refractivity contribution in [3.63, 3.8) is 0 Å². The highest BCUT2D eigenvalue weighted by molar-refractivity contribution is 7.88. The molecule has 0 spiro atoms. The third-order valence-corrected chi connectivity index (χ3v) is 4.81. The molecule has 3 rings (SSSR count). The Bertz CT molecular complexity index is 632. The molecular weight excluding hydrogens is 304 g/mol. The van der Waals surface area contributed by atoms with Gasteiger partial charge < -0.3 is 9.47 Å². The zero-order chi connectivity index (χ0) is 15.6. The molecule has 0 aromatic heterocycles. The number of ether oxygens (including phenoxy) is 2. The van der Waals surface area contributed by atoms with Crippen molar-refractivity contribution in [3.8, 4) is 11.5 Å². The fraction of sp³-hybridized carbons (Fsp3) is 0.600. The number of likely N-dealkylation sites (tertiary alicyclic amines) is 1. The second kappa shape index (κ2) is 6.44. The van der Waals surface area contributed by atoms with Crippen LogP contribution in [0.15, 0.2) is 18.2 Å². The minimum absolute atomic E-state index is 0.317. The van der Waals surface area contributed by atoms with Crippen LogP contribution in [-0.4, -0.2) is 52.4 Å². The van der Waals surface area contributed by atoms with Crippen molar-refractivity contribution in [1.82, 2.24) is 9.62 Å². The number of hydrogen-bond acceptors (Lipinski definition) is 5. The molecular formula is C15H22N2O4S. The van der Waals surface area contributed by atoms with Crippen LogP contribution >= 0.6 is 0 Å². The molecule has 1 unspecified atom stereocenters. The number of nitrogens with one attached hydrogen (secondary N) is 1. The van der Waals surface area contributed by atoms with Gasteiger partial charge in [-0.3, -0.25) is 4.90 Å². The van der Waals surface area contributed by atoms with E-state index in [1.165, 1.54) is 11.8 Å². The molecule has 0 bridgehead atoms. The molecule has 2 aliphatic rings. The maximum absolute atomic E-state index is 11.2. The summed E-state index contributed by atoms with van der Waals surface area (Å²) in [6.45, 7) is 3.33. The lowest BCUT2D eigenvalue weighted by molar-refractivity contribution is 0.170. The fourth-order valence-corrected chi connectivity index (χ4v) is 3.58. The maximum atomic E-state index is 11.2. The summed E-state index contributed by atoms with van der Waals surface area (Å²) >= 11 is 0. The summed E-state index contributed by atoms with van der Waals surface area (Å²) in [6.07, 6.45) is 3.39. The molecule has 1 atom stereocenters. The number of benzene rings is 1. The van der Waals surface area contributed by atoms with Gasteiger partial charge in [-0.1, -0.05) is 6.07 Å². The third-order valence-electron chi connectivity index (χ3n) is 4.08. The van der Waals surface area contributed by atoms with Gasteiger partial charge >= 0.3 is 0 Å². The van der Waals surface area contributed by atoms with Gasteiger partial charge in [0, 0.05) is 19.1 Å². The molecule has 1 saturated heterocycles. The van der Waals surface area contributed by atoms with Gasteiger partial charge in [0.05, 0.1) is 6.26 Å². The smallest absolute Gasteiger partial charge is 0.208 e. The molecule has 7 heteroatoms. The molecule has 1 aromatic carbocycles. The Morgan fingerprint density at radius 2 is 2.05 bits per heavy atom. The van der Waals surface area contributed by atoms with Crippen LogP contribution in [0.5, 0.6) is 11.5 Å². The van der Waals surface area contributed by atoms with Crippen LogP contribution in [0.2, 0.25) is 0 Å². The van der Waals surface area contributed by atoms with Gasteiger partial charge in [0.1, 0.15) is 13.2 Å². The van der Waals surface area contributed by atoms with Crippen molar-refractivity contribution in [1.29, 1.82) is 0 Å². The van der Waals surface area contributed by atoms with Crippen molar-refractivity contribution in [2.75, 3.05) is 39.1 Å². The van der Waals surface area contributed by atoms with E-state index in [-0.39, 0.29) is 0 Å². The number of rotatable bonds is 5. The Morgan fingerprint density at radius 3 is 2.82 bits per heavy atom. The van der Waals surface area contributed by atoms with E-state index in [1.54, 1.807) is 0 Å². The summed E-state index contributed by atoms with van der Waals surface area (Å²) < 4.78 is 36.1. The monoisotopic (exact) mass is 326 g/mol. The predicted molar refractivity (Wildman–Crippen MR) is 83.8 cm³/mol. The highest BCUT2D eigenvalue weighted by Crippen LogP contribution is 2.37. The molecule has 0 amide bonds. The van der Waals surface area contributed by atoms with Gasteiger partial charge in [0.2, 0.25) is 10.0 Å². The van der Waals surface area contributed by atoms with Crippen molar-refractivity contribution < 1.29 is 17.9 Å². The van der Waals surface area contributed by atoms with E-state index in [0.29, 0.717) is 32.3 Å². The second-order valence-electron chi connectivity index (χ2n) is 5.76. The quantitative estimate of drug-likeness (QED) is 0.879. The van der Waals surface area contributed by atoms with Gasteiger partial charge in [-0.25, -0.2) is 13.1 Å². The first kappa shape index (κ1) is 15.6. The average molecular weight is 326 g/mol. The van der Waals surface area contributed by atoms with Crippen LogP contribution in [0.4, 0.5) is 0 Å². The van der Waals surface area contributed by atoms with Crippen LogP contribution in [0.25, 0.3) is 0 Å². The average Bonchev–Trinajstić information content (AvgIpc) is 2.94. The number of nitrogens with zero attached hydrogens (tertiary/aromatic N) is 1. The van der Waals surface area contributed by atoms with E-state index in [4.69, 9.17) is 9.47 Å². The normalized spacial score (nSPS) is 22.0. The largest absolute Gasteiger partial charge is 0.486 e.